The first-order valence-electron chi connectivity index (χ1n) is 7.03. The second-order valence-corrected chi connectivity index (χ2v) is 6.93. The average Bonchev–Trinajstić information content (AvgIpc) is 2.97. The third kappa shape index (κ3) is 2.45. The van der Waals surface area contributed by atoms with Crippen molar-refractivity contribution >= 4 is 22.4 Å². The number of aliphatic carboxylic acids is 1. The Hall–Kier alpha value is -1.50. The lowest BCUT2D eigenvalue weighted by atomic mass is 9.74. The van der Waals surface area contributed by atoms with Crippen LogP contribution in [0.25, 0.3) is 0 Å². The summed E-state index contributed by atoms with van der Waals surface area (Å²) in [6, 6.07) is -1.73. The molecule has 3 saturated heterocycles. The molecule has 0 aliphatic carbocycles. The van der Waals surface area contributed by atoms with Gasteiger partial charge >= 0.3 is 22.4 Å². The third-order valence-corrected chi connectivity index (χ3v) is 5.13. The highest BCUT2D eigenvalue weighted by atomic mass is 32.3. The number of piperidine rings is 1. The molecule has 12 heteroatoms. The summed E-state index contributed by atoms with van der Waals surface area (Å²) in [6.45, 7) is -0.0126. The number of nitrogens with one attached hydrogen (secondary N) is 1. The van der Waals surface area contributed by atoms with Gasteiger partial charge in [0.2, 0.25) is 0 Å². The smallest absolute Gasteiger partial charge is 0.418 e. The summed E-state index contributed by atoms with van der Waals surface area (Å²) in [7, 11) is -4.92. The van der Waals surface area contributed by atoms with Crippen LogP contribution in [0.15, 0.2) is 0 Å². The number of carbonyl (C=O) groups excluding carboxylic acids is 1. The molecule has 130 valence electrons. The number of hydrogen-bond donors (Lipinski definition) is 3. The highest BCUT2D eigenvalue weighted by Gasteiger charge is 2.63. The fourth-order valence-corrected chi connectivity index (χ4v) is 4.17. The Balaban J connectivity index is 1.96. The first-order valence-corrected chi connectivity index (χ1v) is 8.39. The van der Waals surface area contributed by atoms with Gasteiger partial charge in [0.1, 0.15) is 11.7 Å². The van der Waals surface area contributed by atoms with E-state index in [1.807, 2.05) is 0 Å². The van der Waals surface area contributed by atoms with E-state index < -0.39 is 46.1 Å². The minimum Gasteiger partial charge on any atom is -0.479 e. The van der Waals surface area contributed by atoms with E-state index in [0.717, 1.165) is 4.90 Å². The standard InChI is InChI=1S/C11H16FN3O7S/c12-8-4-13-3-7(8)11(9(16)17)2-1-6-5-14(11)10(18)15(6)22-23(19,20)21/h6-8,13H,1-5H2,(H,16,17)(H,19,20,21)/t6-,7+,8-,11+/m1/s1. The number of hydroxylamine groups is 2. The van der Waals surface area contributed by atoms with Crippen LogP contribution in [0.4, 0.5) is 9.18 Å². The monoisotopic (exact) mass is 353 g/mol. The van der Waals surface area contributed by atoms with Crippen molar-refractivity contribution in [3.05, 3.63) is 0 Å². The second-order valence-electron chi connectivity index (χ2n) is 5.92. The Morgan fingerprint density at radius 3 is 2.65 bits per heavy atom. The Bertz CT molecular complexity index is 644. The van der Waals surface area contributed by atoms with Crippen molar-refractivity contribution in [1.29, 1.82) is 0 Å². The molecule has 0 radical (unpaired) electrons. The van der Waals surface area contributed by atoms with Crippen LogP contribution >= 0.6 is 0 Å². The molecule has 0 spiro atoms. The molecule has 3 fully saturated rings. The first kappa shape index (κ1) is 16.4. The summed E-state index contributed by atoms with van der Waals surface area (Å²) in [4.78, 5) is 25.3. The highest BCUT2D eigenvalue weighted by molar-refractivity contribution is 7.80. The predicted octanol–water partition coefficient (Wildman–Crippen LogP) is -0.998. The predicted molar refractivity (Wildman–Crippen MR) is 71.2 cm³/mol. The van der Waals surface area contributed by atoms with Gasteiger partial charge in [0, 0.05) is 25.6 Å². The van der Waals surface area contributed by atoms with Crippen LogP contribution in [0.1, 0.15) is 12.8 Å². The van der Waals surface area contributed by atoms with Crippen LogP contribution in [0, 0.1) is 5.92 Å². The summed E-state index contributed by atoms with van der Waals surface area (Å²) >= 11 is 0. The summed E-state index contributed by atoms with van der Waals surface area (Å²) in [6.07, 6.45) is -1.35. The molecule has 0 aromatic carbocycles. The molecule has 10 nitrogen and oxygen atoms in total. The van der Waals surface area contributed by atoms with E-state index in [1.54, 1.807) is 0 Å². The minimum atomic E-state index is -4.92. The minimum absolute atomic E-state index is 0.00358. The number of carboxylic acid groups (broad SMARTS) is 1. The fourth-order valence-electron chi connectivity index (χ4n) is 3.78. The number of amides is 2. The van der Waals surface area contributed by atoms with Gasteiger partial charge in [-0.3, -0.25) is 4.55 Å². The SMILES string of the molecule is O=C1N(OS(=O)(=O)O)[C@@H]2CC[C@@](C(=O)O)([C@H]3CNC[C@H]3F)N1C2. The number of fused-ring (bicyclic) bond motifs is 2. The Labute approximate surface area is 131 Å². The van der Waals surface area contributed by atoms with Crippen LogP contribution < -0.4 is 5.32 Å². The zero-order valence-electron chi connectivity index (χ0n) is 11.9. The largest absolute Gasteiger partial charge is 0.479 e. The molecule has 3 rings (SSSR count). The molecule has 0 unspecified atom stereocenters. The van der Waals surface area contributed by atoms with Crippen molar-refractivity contribution in [2.45, 2.75) is 30.6 Å². The van der Waals surface area contributed by atoms with Crippen LogP contribution in [-0.2, 0) is 19.5 Å². The Morgan fingerprint density at radius 1 is 1.43 bits per heavy atom. The van der Waals surface area contributed by atoms with E-state index in [9.17, 15) is 27.5 Å². The van der Waals surface area contributed by atoms with Crippen molar-refractivity contribution in [1.82, 2.24) is 15.3 Å². The number of rotatable bonds is 4. The van der Waals surface area contributed by atoms with E-state index in [1.165, 1.54) is 0 Å². The molecular formula is C11H16FN3O7S. The van der Waals surface area contributed by atoms with Gasteiger partial charge in [0.15, 0.2) is 0 Å². The molecule has 23 heavy (non-hydrogen) atoms. The number of urea groups is 1. The summed E-state index contributed by atoms with van der Waals surface area (Å²) in [5, 5.41) is 12.9. The zero-order valence-corrected chi connectivity index (χ0v) is 12.7. The van der Waals surface area contributed by atoms with Gasteiger partial charge in [0.05, 0.1) is 6.04 Å². The summed E-state index contributed by atoms with van der Waals surface area (Å²) < 4.78 is 48.9. The third-order valence-electron chi connectivity index (χ3n) is 4.78. The molecule has 0 aromatic rings. The average molecular weight is 353 g/mol. The maximum Gasteiger partial charge on any atom is 0.418 e. The normalized spacial score (nSPS) is 37.5. The maximum atomic E-state index is 14.2. The molecule has 2 bridgehead atoms. The lowest BCUT2D eigenvalue weighted by Crippen LogP contribution is -2.64. The maximum absolute atomic E-state index is 14.2. The summed E-state index contributed by atoms with van der Waals surface area (Å²) in [5.74, 6) is -2.29. The number of carbonyl (C=O) groups is 2. The van der Waals surface area contributed by atoms with Gasteiger partial charge in [0.25, 0.3) is 0 Å². The number of carboxylic acids is 1. The number of alkyl halides is 1. The second kappa shape index (κ2) is 5.26. The lowest BCUT2D eigenvalue weighted by molar-refractivity contribution is -0.156. The zero-order chi connectivity index (χ0) is 17.0. The van der Waals surface area contributed by atoms with Gasteiger partial charge in [-0.2, -0.15) is 13.5 Å². The molecule has 0 aromatic heterocycles. The molecule has 3 N–H and O–H groups in total. The Kier molecular flexibility index (Phi) is 3.74. The van der Waals surface area contributed by atoms with Crippen molar-refractivity contribution in [2.24, 2.45) is 5.92 Å². The van der Waals surface area contributed by atoms with Crippen LogP contribution in [0.2, 0.25) is 0 Å². The van der Waals surface area contributed by atoms with E-state index >= 15 is 0 Å². The molecule has 3 aliphatic rings. The van der Waals surface area contributed by atoms with E-state index in [4.69, 9.17) is 4.55 Å². The van der Waals surface area contributed by atoms with Crippen molar-refractivity contribution in [2.75, 3.05) is 19.6 Å². The molecule has 0 saturated carbocycles. The van der Waals surface area contributed by atoms with Crippen molar-refractivity contribution < 1.29 is 36.3 Å². The van der Waals surface area contributed by atoms with Crippen molar-refractivity contribution in [3.63, 3.8) is 0 Å². The molecule has 3 heterocycles. The highest BCUT2D eigenvalue weighted by Crippen LogP contribution is 2.44. The van der Waals surface area contributed by atoms with Gasteiger partial charge in [-0.1, -0.05) is 0 Å². The quantitative estimate of drug-likeness (QED) is 0.548. The first-order chi connectivity index (χ1) is 10.7. The van der Waals surface area contributed by atoms with Gasteiger partial charge in [-0.25, -0.2) is 14.0 Å². The Morgan fingerprint density at radius 2 is 2.13 bits per heavy atom. The molecule has 2 amide bonds. The fraction of sp³-hybridized carbons (Fsp3) is 0.818. The van der Waals surface area contributed by atoms with E-state index in [0.29, 0.717) is 5.06 Å². The number of hydrogen-bond acceptors (Lipinski definition) is 6. The topological polar surface area (TPSA) is 136 Å². The van der Waals surface area contributed by atoms with Crippen molar-refractivity contribution in [3.8, 4) is 0 Å². The van der Waals surface area contributed by atoms with Gasteiger partial charge in [-0.05, 0) is 12.8 Å². The van der Waals surface area contributed by atoms with Crippen LogP contribution in [-0.4, -0.2) is 77.4 Å². The molecule has 4 atom stereocenters. The van der Waals surface area contributed by atoms with Crippen LogP contribution in [0.3, 0.4) is 0 Å². The number of halogens is 1. The van der Waals surface area contributed by atoms with E-state index in [2.05, 4.69) is 9.60 Å². The van der Waals surface area contributed by atoms with E-state index in [-0.39, 0.29) is 32.5 Å². The molecule has 3 aliphatic heterocycles. The lowest BCUT2D eigenvalue weighted by Gasteiger charge is -2.44. The van der Waals surface area contributed by atoms with Gasteiger partial charge < -0.3 is 15.3 Å². The van der Waals surface area contributed by atoms with Crippen LogP contribution in [0.5, 0.6) is 0 Å². The number of nitrogens with zero attached hydrogens (tertiary/aromatic N) is 2. The molecular weight excluding hydrogens is 337 g/mol. The summed E-state index contributed by atoms with van der Waals surface area (Å²) in [5.41, 5.74) is -1.77. The van der Waals surface area contributed by atoms with Gasteiger partial charge in [-0.15, -0.1) is 4.28 Å².